The Bertz CT molecular complexity index is 1090. The van der Waals surface area contributed by atoms with Gasteiger partial charge in [0, 0.05) is 54.7 Å². The van der Waals surface area contributed by atoms with Crippen molar-refractivity contribution >= 4 is 10.9 Å². The van der Waals surface area contributed by atoms with E-state index in [-0.39, 0.29) is 24.7 Å². The Morgan fingerprint density at radius 2 is 2.00 bits per heavy atom. The SMILES string of the molecule is C=C(/C=C\C(=C/C)OCCN1CC(CF)C1)[C@@H]1c2[nH]c3ccccc3c2C[C@@H](C)N1CC(C)(C)F. The normalized spacial score (nSPS) is 22.5. The number of benzene rings is 1. The van der Waals surface area contributed by atoms with Crippen molar-refractivity contribution in [2.75, 3.05) is 39.5 Å². The highest BCUT2D eigenvalue weighted by molar-refractivity contribution is 5.85. The van der Waals surface area contributed by atoms with Gasteiger partial charge in [0.25, 0.3) is 0 Å². The summed E-state index contributed by atoms with van der Waals surface area (Å²) in [6, 6.07) is 8.37. The van der Waals surface area contributed by atoms with E-state index in [0.29, 0.717) is 13.2 Å². The first kappa shape index (κ1) is 25.6. The van der Waals surface area contributed by atoms with Crippen LogP contribution in [0.3, 0.4) is 0 Å². The van der Waals surface area contributed by atoms with Crippen molar-refractivity contribution in [3.05, 3.63) is 71.7 Å². The lowest BCUT2D eigenvalue weighted by molar-refractivity contribution is 0.0566. The lowest BCUT2D eigenvalue weighted by atomic mass is 9.87. The van der Waals surface area contributed by atoms with Crippen LogP contribution in [0.2, 0.25) is 0 Å². The molecule has 4 rings (SSSR count). The summed E-state index contributed by atoms with van der Waals surface area (Å²) in [5, 5.41) is 1.23. The number of H-pyrrole nitrogens is 1. The monoisotopic (exact) mass is 483 g/mol. The van der Waals surface area contributed by atoms with Gasteiger partial charge in [-0.1, -0.05) is 30.9 Å². The highest BCUT2D eigenvalue weighted by atomic mass is 19.1. The minimum atomic E-state index is -1.32. The fraction of sp³-hybridized carbons (Fsp3) is 0.517. The van der Waals surface area contributed by atoms with Crippen LogP contribution in [-0.2, 0) is 11.2 Å². The third kappa shape index (κ3) is 5.87. The number of fused-ring (bicyclic) bond motifs is 3. The number of nitrogens with zero attached hydrogens (tertiary/aromatic N) is 2. The standard InChI is InChI=1S/C29H39F2N3O/c1-6-23(35-14-13-33-17-22(16-30)18-33)12-11-20(2)28-27-25(24-9-7-8-10-26(24)32-27)15-21(3)34(28)19-29(4,5)31/h6-12,21-22,28,32H,2,13-19H2,1,3-5H3/b12-11-,23-6+/t21-,28-/m1/s1. The summed E-state index contributed by atoms with van der Waals surface area (Å²) in [4.78, 5) is 8.05. The zero-order valence-corrected chi connectivity index (χ0v) is 21.5. The smallest absolute Gasteiger partial charge is 0.118 e. The molecule has 4 nitrogen and oxygen atoms in total. The van der Waals surface area contributed by atoms with Gasteiger partial charge in [0.1, 0.15) is 18.0 Å². The molecule has 2 atom stereocenters. The maximum atomic E-state index is 14.9. The van der Waals surface area contributed by atoms with E-state index >= 15 is 0 Å². The zero-order valence-electron chi connectivity index (χ0n) is 21.5. The van der Waals surface area contributed by atoms with E-state index in [4.69, 9.17) is 4.74 Å². The molecule has 6 heteroatoms. The number of rotatable bonds is 10. The summed E-state index contributed by atoms with van der Waals surface area (Å²) in [7, 11) is 0. The van der Waals surface area contributed by atoms with Crippen LogP contribution in [0.1, 0.15) is 45.0 Å². The minimum absolute atomic E-state index is 0.149. The largest absolute Gasteiger partial charge is 0.493 e. The second kappa shape index (κ2) is 10.7. The third-order valence-electron chi connectivity index (χ3n) is 7.10. The molecule has 0 unspecified atom stereocenters. The Hall–Kier alpha value is -2.44. The first-order chi connectivity index (χ1) is 16.7. The summed E-state index contributed by atoms with van der Waals surface area (Å²) < 4.78 is 33.5. The Kier molecular flexibility index (Phi) is 7.82. The molecule has 3 heterocycles. The van der Waals surface area contributed by atoms with Gasteiger partial charge in [-0.05, 0) is 63.5 Å². The molecule has 0 saturated carbocycles. The molecule has 1 aromatic heterocycles. The Labute approximate surface area is 208 Å². The van der Waals surface area contributed by atoms with E-state index in [1.54, 1.807) is 13.8 Å². The van der Waals surface area contributed by atoms with E-state index in [0.717, 1.165) is 48.6 Å². The van der Waals surface area contributed by atoms with Gasteiger partial charge in [-0.3, -0.25) is 14.2 Å². The first-order valence-corrected chi connectivity index (χ1v) is 12.7. The molecule has 1 aromatic carbocycles. The molecule has 190 valence electrons. The van der Waals surface area contributed by atoms with Gasteiger partial charge < -0.3 is 9.72 Å². The number of ether oxygens (including phenoxy) is 1. The lowest BCUT2D eigenvalue weighted by Crippen LogP contribution is -2.48. The van der Waals surface area contributed by atoms with Gasteiger partial charge in [-0.15, -0.1) is 0 Å². The maximum Gasteiger partial charge on any atom is 0.118 e. The topological polar surface area (TPSA) is 31.5 Å². The highest BCUT2D eigenvalue weighted by Gasteiger charge is 2.38. The molecule has 0 bridgehead atoms. The van der Waals surface area contributed by atoms with Gasteiger partial charge in [-0.25, -0.2) is 4.39 Å². The van der Waals surface area contributed by atoms with Gasteiger partial charge in [0.15, 0.2) is 0 Å². The molecule has 1 fully saturated rings. The van der Waals surface area contributed by atoms with Gasteiger partial charge in [0.2, 0.25) is 0 Å². The molecule has 0 amide bonds. The van der Waals surface area contributed by atoms with E-state index in [2.05, 4.69) is 46.5 Å². The van der Waals surface area contributed by atoms with Crippen molar-refractivity contribution in [3.63, 3.8) is 0 Å². The van der Waals surface area contributed by atoms with E-state index in [1.165, 1.54) is 10.9 Å². The van der Waals surface area contributed by atoms with Crippen LogP contribution >= 0.6 is 0 Å². The number of allylic oxidation sites excluding steroid dienone is 2. The molecule has 0 radical (unpaired) electrons. The molecule has 0 aliphatic carbocycles. The number of aromatic amines is 1. The molecule has 35 heavy (non-hydrogen) atoms. The number of para-hydroxylation sites is 1. The van der Waals surface area contributed by atoms with Crippen LogP contribution in [0.4, 0.5) is 8.78 Å². The van der Waals surface area contributed by atoms with E-state index in [9.17, 15) is 8.78 Å². The summed E-state index contributed by atoms with van der Waals surface area (Å²) in [5.41, 5.74) is 3.07. The molecular weight excluding hydrogens is 444 g/mol. The summed E-state index contributed by atoms with van der Waals surface area (Å²) in [6.07, 6.45) is 6.74. The van der Waals surface area contributed by atoms with Crippen molar-refractivity contribution in [3.8, 4) is 0 Å². The lowest BCUT2D eigenvalue weighted by Gasteiger charge is -2.43. The second-order valence-corrected chi connectivity index (χ2v) is 10.6. The predicted molar refractivity (Wildman–Crippen MR) is 140 cm³/mol. The predicted octanol–water partition coefficient (Wildman–Crippen LogP) is 6.14. The van der Waals surface area contributed by atoms with Gasteiger partial charge in [0.05, 0.1) is 12.7 Å². The number of alkyl halides is 2. The van der Waals surface area contributed by atoms with E-state index < -0.39 is 5.67 Å². The number of hydrogen-bond donors (Lipinski definition) is 1. The first-order valence-electron chi connectivity index (χ1n) is 12.7. The average Bonchev–Trinajstić information content (AvgIpc) is 3.14. The molecule has 1 saturated heterocycles. The Balaban J connectivity index is 1.51. The fourth-order valence-corrected chi connectivity index (χ4v) is 5.34. The van der Waals surface area contributed by atoms with Crippen molar-refractivity contribution in [2.24, 2.45) is 5.92 Å². The zero-order chi connectivity index (χ0) is 25.2. The molecule has 0 spiro atoms. The molecule has 2 aliphatic rings. The third-order valence-corrected chi connectivity index (χ3v) is 7.10. The van der Waals surface area contributed by atoms with Crippen molar-refractivity contribution in [2.45, 2.75) is 51.9 Å². The second-order valence-electron chi connectivity index (χ2n) is 10.6. The van der Waals surface area contributed by atoms with Gasteiger partial charge >= 0.3 is 0 Å². The number of hydrogen-bond acceptors (Lipinski definition) is 3. The number of likely N-dealkylation sites (tertiary alicyclic amines) is 1. The summed E-state index contributed by atoms with van der Waals surface area (Å²) in [6.45, 7) is 14.9. The minimum Gasteiger partial charge on any atom is -0.493 e. The van der Waals surface area contributed by atoms with Crippen LogP contribution < -0.4 is 0 Å². The van der Waals surface area contributed by atoms with Crippen molar-refractivity contribution < 1.29 is 13.5 Å². The van der Waals surface area contributed by atoms with Crippen molar-refractivity contribution in [1.82, 2.24) is 14.8 Å². The highest BCUT2D eigenvalue weighted by Crippen LogP contribution is 2.41. The summed E-state index contributed by atoms with van der Waals surface area (Å²) >= 11 is 0. The Morgan fingerprint density at radius 3 is 2.69 bits per heavy atom. The van der Waals surface area contributed by atoms with Crippen LogP contribution in [0.25, 0.3) is 10.9 Å². The van der Waals surface area contributed by atoms with Crippen molar-refractivity contribution in [1.29, 1.82) is 0 Å². The molecule has 2 aromatic rings. The van der Waals surface area contributed by atoms with Crippen LogP contribution in [0.5, 0.6) is 0 Å². The fourth-order valence-electron chi connectivity index (χ4n) is 5.34. The average molecular weight is 484 g/mol. The number of nitrogens with one attached hydrogen (secondary N) is 1. The Morgan fingerprint density at radius 1 is 1.26 bits per heavy atom. The maximum absolute atomic E-state index is 14.9. The summed E-state index contributed by atoms with van der Waals surface area (Å²) in [5.74, 6) is 0.955. The molecule has 1 N–H and O–H groups in total. The molecule has 2 aliphatic heterocycles. The van der Waals surface area contributed by atoms with Gasteiger partial charge in [-0.2, -0.15) is 0 Å². The van der Waals surface area contributed by atoms with E-state index in [1.807, 2.05) is 31.2 Å². The molecular formula is C29H39F2N3O. The van der Waals surface area contributed by atoms with Crippen LogP contribution in [0.15, 0.2) is 60.4 Å². The number of halogens is 2. The van der Waals surface area contributed by atoms with Crippen LogP contribution in [-0.4, -0.2) is 66.0 Å². The quantitative estimate of drug-likeness (QED) is 0.325. The van der Waals surface area contributed by atoms with Crippen LogP contribution in [0, 0.1) is 5.92 Å². The number of aromatic nitrogens is 1.